The second kappa shape index (κ2) is 8.47. The van der Waals surface area contributed by atoms with Crippen LogP contribution >= 0.6 is 0 Å². The Bertz CT molecular complexity index is 1190. The maximum atomic E-state index is 13.3. The van der Waals surface area contributed by atoms with E-state index in [1.807, 2.05) is 51.4 Å². The second-order valence-corrected chi connectivity index (χ2v) is 8.99. The third-order valence-corrected chi connectivity index (χ3v) is 5.99. The van der Waals surface area contributed by atoms with Gasteiger partial charge in [-0.3, -0.25) is 9.48 Å². The Hall–Kier alpha value is -3.46. The number of benzene rings is 1. The normalized spacial score (nSPS) is 14.1. The Kier molecular flexibility index (Phi) is 5.84. The van der Waals surface area contributed by atoms with Crippen LogP contribution in [0.2, 0.25) is 0 Å². The molecule has 4 rings (SSSR count). The van der Waals surface area contributed by atoms with Crippen LogP contribution < -0.4 is 15.4 Å². The van der Waals surface area contributed by atoms with Crippen LogP contribution in [0.25, 0.3) is 11.1 Å². The van der Waals surface area contributed by atoms with Gasteiger partial charge in [0.25, 0.3) is 5.91 Å². The number of aromatic nitrogens is 4. The average Bonchev–Trinajstić information content (AvgIpc) is 2.98. The number of fused-ring (bicyclic) bond motifs is 1. The quantitative estimate of drug-likeness (QED) is 0.635. The molecule has 1 amide bonds. The summed E-state index contributed by atoms with van der Waals surface area (Å²) in [5, 5.41) is 4.70. The molecule has 1 aliphatic rings. The summed E-state index contributed by atoms with van der Waals surface area (Å²) in [6.07, 6.45) is 3.36. The van der Waals surface area contributed by atoms with Crippen LogP contribution in [-0.4, -0.2) is 51.5 Å². The van der Waals surface area contributed by atoms with Gasteiger partial charge in [0, 0.05) is 24.6 Å². The maximum absolute atomic E-state index is 13.3. The zero-order chi connectivity index (χ0) is 23.9. The van der Waals surface area contributed by atoms with Crippen LogP contribution in [-0.2, 0) is 11.3 Å². The molecule has 0 saturated heterocycles. The number of carbonyl (C=O) groups excluding carboxylic acids is 1. The monoisotopic (exact) mass is 450 g/mol. The van der Waals surface area contributed by atoms with Crippen molar-refractivity contribution >= 4 is 17.4 Å². The van der Waals surface area contributed by atoms with Crippen molar-refractivity contribution in [1.82, 2.24) is 19.7 Å². The van der Waals surface area contributed by atoms with E-state index in [0.717, 1.165) is 33.6 Å². The van der Waals surface area contributed by atoms with Crippen LogP contribution in [0.15, 0.2) is 24.7 Å². The van der Waals surface area contributed by atoms with Crippen molar-refractivity contribution in [1.29, 1.82) is 0 Å². The van der Waals surface area contributed by atoms with Gasteiger partial charge in [-0.15, -0.1) is 0 Å². The Morgan fingerprint density at radius 1 is 1.15 bits per heavy atom. The minimum absolute atomic E-state index is 0.115. The standard InChI is InChI=1S/C24H30N6O3/c1-14-9-17(30-7-8-33-22-20(23(30)31)21(25)26-13-27-22)10-15(2)19(14)18-11-29(28-16(18)3)12-24(4,5)32-6/h9-11,13H,7-8,12H2,1-6H3,(H2,25,26,27). The Morgan fingerprint density at radius 3 is 2.52 bits per heavy atom. The molecule has 174 valence electrons. The lowest BCUT2D eigenvalue weighted by atomic mass is 9.95. The second-order valence-electron chi connectivity index (χ2n) is 8.99. The van der Waals surface area contributed by atoms with Crippen LogP contribution in [0.4, 0.5) is 11.5 Å². The molecule has 0 unspecified atom stereocenters. The van der Waals surface area contributed by atoms with Gasteiger partial charge in [-0.05, 0) is 63.4 Å². The average molecular weight is 451 g/mol. The fourth-order valence-corrected chi connectivity index (χ4v) is 4.23. The highest BCUT2D eigenvalue weighted by molar-refractivity contribution is 6.10. The number of anilines is 2. The van der Waals surface area contributed by atoms with E-state index in [9.17, 15) is 4.79 Å². The minimum atomic E-state index is -0.319. The van der Waals surface area contributed by atoms with Gasteiger partial charge in [0.15, 0.2) is 0 Å². The summed E-state index contributed by atoms with van der Waals surface area (Å²) in [5.74, 6) is 0.0732. The van der Waals surface area contributed by atoms with Crippen molar-refractivity contribution in [3.8, 4) is 17.0 Å². The smallest absolute Gasteiger partial charge is 0.267 e. The lowest BCUT2D eigenvalue weighted by Gasteiger charge is -2.23. The maximum Gasteiger partial charge on any atom is 0.267 e. The van der Waals surface area contributed by atoms with Crippen molar-refractivity contribution < 1.29 is 14.3 Å². The SMILES string of the molecule is COC(C)(C)Cn1cc(-c2c(C)cc(N3CCOc4ncnc(N)c4C3=O)cc2C)c(C)n1. The number of hydrogen-bond acceptors (Lipinski definition) is 7. The first-order valence-electron chi connectivity index (χ1n) is 10.9. The van der Waals surface area contributed by atoms with Crippen molar-refractivity contribution in [2.45, 2.75) is 46.8 Å². The number of aryl methyl sites for hydroxylation is 3. The van der Waals surface area contributed by atoms with E-state index in [-0.39, 0.29) is 28.8 Å². The van der Waals surface area contributed by atoms with E-state index in [1.54, 1.807) is 12.0 Å². The first-order valence-corrected chi connectivity index (χ1v) is 10.9. The van der Waals surface area contributed by atoms with E-state index in [2.05, 4.69) is 16.2 Å². The summed E-state index contributed by atoms with van der Waals surface area (Å²) in [5.41, 5.74) is 11.9. The van der Waals surface area contributed by atoms with Gasteiger partial charge in [-0.2, -0.15) is 5.10 Å². The van der Waals surface area contributed by atoms with E-state index < -0.39 is 0 Å². The summed E-state index contributed by atoms with van der Waals surface area (Å²) in [6, 6.07) is 4.03. The summed E-state index contributed by atoms with van der Waals surface area (Å²) >= 11 is 0. The highest BCUT2D eigenvalue weighted by Gasteiger charge is 2.29. The Balaban J connectivity index is 1.71. The van der Waals surface area contributed by atoms with Crippen LogP contribution in [0.5, 0.6) is 5.88 Å². The first-order chi connectivity index (χ1) is 15.6. The topological polar surface area (TPSA) is 108 Å². The van der Waals surface area contributed by atoms with Gasteiger partial charge in [-0.25, -0.2) is 9.97 Å². The molecule has 9 nitrogen and oxygen atoms in total. The summed E-state index contributed by atoms with van der Waals surface area (Å²) in [6.45, 7) is 11.5. The number of rotatable bonds is 5. The van der Waals surface area contributed by atoms with Gasteiger partial charge in [-0.1, -0.05) is 0 Å². The summed E-state index contributed by atoms with van der Waals surface area (Å²) in [4.78, 5) is 23.0. The number of hydrogen-bond donors (Lipinski definition) is 1. The molecule has 0 radical (unpaired) electrons. The molecule has 0 aliphatic carbocycles. The molecule has 0 atom stereocenters. The molecule has 0 fully saturated rings. The summed E-state index contributed by atoms with van der Waals surface area (Å²) in [7, 11) is 1.71. The van der Waals surface area contributed by atoms with E-state index >= 15 is 0 Å². The predicted molar refractivity (Wildman–Crippen MR) is 127 cm³/mol. The fourth-order valence-electron chi connectivity index (χ4n) is 4.23. The van der Waals surface area contributed by atoms with Crippen molar-refractivity contribution in [2.75, 3.05) is 30.9 Å². The van der Waals surface area contributed by atoms with Gasteiger partial charge >= 0.3 is 0 Å². The predicted octanol–water partition coefficient (Wildman–Crippen LogP) is 3.31. The third-order valence-electron chi connectivity index (χ3n) is 5.99. The molecule has 2 N–H and O–H groups in total. The third kappa shape index (κ3) is 4.28. The number of nitrogens with two attached hydrogens (primary N) is 1. The largest absolute Gasteiger partial charge is 0.475 e. The molecule has 0 saturated carbocycles. The molecule has 0 spiro atoms. The first kappa shape index (κ1) is 22.7. The lowest BCUT2D eigenvalue weighted by molar-refractivity contribution is 0.00537. The number of methoxy groups -OCH3 is 1. The van der Waals surface area contributed by atoms with Crippen LogP contribution in [0.3, 0.4) is 0 Å². The van der Waals surface area contributed by atoms with E-state index in [1.165, 1.54) is 6.33 Å². The fraction of sp³-hybridized carbons (Fsp3) is 0.417. The zero-order valence-corrected chi connectivity index (χ0v) is 20.0. The van der Waals surface area contributed by atoms with Gasteiger partial charge in [0.1, 0.15) is 24.3 Å². The molecule has 1 aliphatic heterocycles. The molecule has 3 heterocycles. The Morgan fingerprint density at radius 2 is 1.85 bits per heavy atom. The van der Waals surface area contributed by atoms with Crippen LogP contribution in [0.1, 0.15) is 41.0 Å². The Labute approximate surface area is 193 Å². The van der Waals surface area contributed by atoms with Crippen LogP contribution in [0, 0.1) is 20.8 Å². The van der Waals surface area contributed by atoms with Crippen molar-refractivity contribution in [2.24, 2.45) is 0 Å². The molecule has 0 bridgehead atoms. The molecular weight excluding hydrogens is 420 g/mol. The number of carbonyl (C=O) groups is 1. The number of nitrogen functional groups attached to an aromatic ring is 1. The van der Waals surface area contributed by atoms with E-state index in [0.29, 0.717) is 19.7 Å². The molecule has 1 aromatic carbocycles. The summed E-state index contributed by atoms with van der Waals surface area (Å²) < 4.78 is 13.1. The molecule has 2 aromatic heterocycles. The van der Waals surface area contributed by atoms with Gasteiger partial charge in [0.2, 0.25) is 5.88 Å². The molecule has 3 aromatic rings. The van der Waals surface area contributed by atoms with Crippen molar-refractivity contribution in [3.63, 3.8) is 0 Å². The zero-order valence-electron chi connectivity index (χ0n) is 20.0. The van der Waals surface area contributed by atoms with Gasteiger partial charge in [0.05, 0.1) is 24.4 Å². The highest BCUT2D eigenvalue weighted by atomic mass is 16.5. The highest BCUT2D eigenvalue weighted by Crippen LogP contribution is 2.35. The van der Waals surface area contributed by atoms with Crippen molar-refractivity contribution in [3.05, 3.63) is 47.0 Å². The molecular formula is C24H30N6O3. The van der Waals surface area contributed by atoms with Gasteiger partial charge < -0.3 is 20.1 Å². The molecule has 33 heavy (non-hydrogen) atoms. The number of nitrogens with zero attached hydrogens (tertiary/aromatic N) is 5. The lowest BCUT2D eigenvalue weighted by Crippen LogP contribution is -2.33. The number of amides is 1. The minimum Gasteiger partial charge on any atom is -0.475 e. The van der Waals surface area contributed by atoms with E-state index in [4.69, 9.17) is 20.3 Å². The molecule has 9 heteroatoms. The number of ether oxygens (including phenoxy) is 2.